The number of rotatable bonds is 5. The van der Waals surface area contributed by atoms with Crippen LogP contribution in [0.4, 0.5) is 0 Å². The van der Waals surface area contributed by atoms with Crippen molar-refractivity contribution < 1.29 is 0 Å². The molecule has 6 nitrogen and oxygen atoms in total. The van der Waals surface area contributed by atoms with E-state index in [1.165, 1.54) is 0 Å². The second kappa shape index (κ2) is 7.21. The van der Waals surface area contributed by atoms with Gasteiger partial charge in [-0.25, -0.2) is 9.97 Å². The summed E-state index contributed by atoms with van der Waals surface area (Å²) >= 11 is 1.68. The van der Waals surface area contributed by atoms with Gasteiger partial charge in [0.15, 0.2) is 5.96 Å². The van der Waals surface area contributed by atoms with Gasteiger partial charge in [-0.15, -0.1) is 11.3 Å². The van der Waals surface area contributed by atoms with E-state index in [-0.39, 0.29) is 0 Å². The zero-order chi connectivity index (χ0) is 15.2. The molecular weight excluding hydrogens is 284 g/mol. The van der Waals surface area contributed by atoms with Crippen molar-refractivity contribution in [1.82, 2.24) is 24.8 Å². The first-order valence-electron chi connectivity index (χ1n) is 6.90. The fraction of sp³-hybridized carbons (Fsp3) is 0.500. The summed E-state index contributed by atoms with van der Waals surface area (Å²) in [6, 6.07) is 0. The van der Waals surface area contributed by atoms with Crippen LogP contribution in [0.25, 0.3) is 0 Å². The van der Waals surface area contributed by atoms with Crippen LogP contribution in [0.5, 0.6) is 0 Å². The third kappa shape index (κ3) is 4.29. The van der Waals surface area contributed by atoms with E-state index in [2.05, 4.69) is 35.1 Å². The minimum atomic E-state index is 0.758. The molecule has 2 aromatic rings. The fourth-order valence-electron chi connectivity index (χ4n) is 2.11. The van der Waals surface area contributed by atoms with Crippen molar-refractivity contribution in [3.05, 3.63) is 34.3 Å². The van der Waals surface area contributed by atoms with Crippen molar-refractivity contribution in [1.29, 1.82) is 0 Å². The number of nitrogens with one attached hydrogen (secondary N) is 1. The van der Waals surface area contributed by atoms with Gasteiger partial charge >= 0.3 is 0 Å². The first-order valence-corrected chi connectivity index (χ1v) is 7.78. The van der Waals surface area contributed by atoms with Crippen LogP contribution in [0.3, 0.4) is 0 Å². The maximum Gasteiger partial charge on any atom is 0.193 e. The smallest absolute Gasteiger partial charge is 0.193 e. The number of imidazole rings is 1. The summed E-state index contributed by atoms with van der Waals surface area (Å²) < 4.78 is 2.12. The molecule has 0 spiro atoms. The van der Waals surface area contributed by atoms with Gasteiger partial charge in [-0.3, -0.25) is 4.99 Å². The molecule has 0 aliphatic carbocycles. The van der Waals surface area contributed by atoms with Gasteiger partial charge in [-0.05, 0) is 13.8 Å². The molecule has 0 atom stereocenters. The molecule has 0 aliphatic heterocycles. The van der Waals surface area contributed by atoms with Gasteiger partial charge in [-0.2, -0.15) is 0 Å². The standard InChI is InChI=1S/C14H22N6S/c1-11-16-5-7-20(11)8-6-17-14(15-3)19(4)9-13-10-21-12(2)18-13/h5,7,10H,6,8-9H2,1-4H3,(H,15,17). The SMILES string of the molecule is CN=C(NCCn1ccnc1C)N(C)Cc1csc(C)n1. The average molecular weight is 306 g/mol. The second-order valence-corrected chi connectivity index (χ2v) is 5.92. The molecule has 114 valence electrons. The Morgan fingerprint density at radius 2 is 2.29 bits per heavy atom. The van der Waals surface area contributed by atoms with Crippen molar-refractivity contribution >= 4 is 17.3 Å². The summed E-state index contributed by atoms with van der Waals surface area (Å²) in [6.45, 7) is 6.47. The molecule has 1 N–H and O–H groups in total. The van der Waals surface area contributed by atoms with Gasteiger partial charge < -0.3 is 14.8 Å². The molecule has 0 aromatic carbocycles. The number of nitrogens with zero attached hydrogens (tertiary/aromatic N) is 5. The Kier molecular flexibility index (Phi) is 5.32. The molecule has 2 heterocycles. The van der Waals surface area contributed by atoms with E-state index >= 15 is 0 Å². The van der Waals surface area contributed by atoms with Crippen molar-refractivity contribution in [2.45, 2.75) is 26.9 Å². The summed E-state index contributed by atoms with van der Waals surface area (Å²) in [5.74, 6) is 1.90. The molecule has 7 heteroatoms. The van der Waals surface area contributed by atoms with Gasteiger partial charge in [-0.1, -0.05) is 0 Å². The largest absolute Gasteiger partial charge is 0.354 e. The number of hydrogen-bond acceptors (Lipinski definition) is 4. The first kappa shape index (κ1) is 15.5. The van der Waals surface area contributed by atoms with Crippen LogP contribution in [0, 0.1) is 13.8 Å². The second-order valence-electron chi connectivity index (χ2n) is 4.86. The molecule has 2 rings (SSSR count). The van der Waals surface area contributed by atoms with E-state index in [1.54, 1.807) is 18.4 Å². The molecule has 0 saturated heterocycles. The highest BCUT2D eigenvalue weighted by Crippen LogP contribution is 2.09. The Labute approximate surface area is 129 Å². The summed E-state index contributed by atoms with van der Waals surface area (Å²) in [7, 11) is 3.82. The number of hydrogen-bond donors (Lipinski definition) is 1. The lowest BCUT2D eigenvalue weighted by molar-refractivity contribution is 0.467. The van der Waals surface area contributed by atoms with E-state index in [9.17, 15) is 0 Å². The highest BCUT2D eigenvalue weighted by molar-refractivity contribution is 7.09. The number of aliphatic imine (C=N–C) groups is 1. The van der Waals surface area contributed by atoms with Crippen molar-refractivity contribution in [3.63, 3.8) is 0 Å². The molecule has 0 radical (unpaired) electrons. The van der Waals surface area contributed by atoms with Gasteiger partial charge in [0.05, 0.1) is 17.2 Å². The van der Waals surface area contributed by atoms with E-state index in [0.29, 0.717) is 0 Å². The molecular formula is C14H22N6S. The van der Waals surface area contributed by atoms with Crippen LogP contribution in [-0.2, 0) is 13.1 Å². The Bertz CT molecular complexity index is 600. The van der Waals surface area contributed by atoms with Gasteiger partial charge in [0, 0.05) is 45.0 Å². The number of guanidine groups is 1. The highest BCUT2D eigenvalue weighted by atomic mass is 32.1. The quantitative estimate of drug-likeness (QED) is 0.674. The van der Waals surface area contributed by atoms with Crippen LogP contribution in [0.2, 0.25) is 0 Å². The lowest BCUT2D eigenvalue weighted by atomic mass is 10.4. The van der Waals surface area contributed by atoms with Gasteiger partial charge in [0.25, 0.3) is 0 Å². The first-order chi connectivity index (χ1) is 10.1. The maximum absolute atomic E-state index is 4.48. The predicted octanol–water partition coefficient (Wildman–Crippen LogP) is 1.66. The van der Waals surface area contributed by atoms with Crippen molar-refractivity contribution in [2.24, 2.45) is 4.99 Å². The monoisotopic (exact) mass is 306 g/mol. The fourth-order valence-corrected chi connectivity index (χ4v) is 2.72. The zero-order valence-corrected chi connectivity index (χ0v) is 13.8. The molecule has 0 fully saturated rings. The van der Waals surface area contributed by atoms with Gasteiger partial charge in [0.2, 0.25) is 0 Å². The Morgan fingerprint density at radius 3 is 2.86 bits per heavy atom. The molecule has 0 unspecified atom stereocenters. The minimum absolute atomic E-state index is 0.758. The van der Waals surface area contributed by atoms with Crippen LogP contribution in [-0.4, -0.2) is 46.0 Å². The number of aromatic nitrogens is 3. The van der Waals surface area contributed by atoms with Crippen molar-refractivity contribution in [2.75, 3.05) is 20.6 Å². The summed E-state index contributed by atoms with van der Waals surface area (Å²) in [6.07, 6.45) is 3.81. The summed E-state index contributed by atoms with van der Waals surface area (Å²) in [4.78, 5) is 15.1. The molecule has 0 aliphatic rings. The minimum Gasteiger partial charge on any atom is -0.354 e. The summed E-state index contributed by atoms with van der Waals surface area (Å²) in [5.41, 5.74) is 1.08. The van der Waals surface area contributed by atoms with Crippen LogP contribution in [0.15, 0.2) is 22.8 Å². The van der Waals surface area contributed by atoms with Crippen LogP contribution >= 0.6 is 11.3 Å². The van der Waals surface area contributed by atoms with E-state index in [0.717, 1.165) is 42.1 Å². The molecule has 0 saturated carbocycles. The Hall–Kier alpha value is -1.89. The third-order valence-corrected chi connectivity index (χ3v) is 4.02. The third-order valence-electron chi connectivity index (χ3n) is 3.20. The maximum atomic E-state index is 4.48. The normalized spacial score (nSPS) is 11.7. The van der Waals surface area contributed by atoms with Crippen LogP contribution < -0.4 is 5.32 Å². The van der Waals surface area contributed by atoms with Gasteiger partial charge in [0.1, 0.15) is 5.82 Å². The molecule has 0 bridgehead atoms. The lowest BCUT2D eigenvalue weighted by Crippen LogP contribution is -2.39. The summed E-state index contributed by atoms with van der Waals surface area (Å²) in [5, 5.41) is 6.55. The van der Waals surface area contributed by atoms with Crippen LogP contribution in [0.1, 0.15) is 16.5 Å². The average Bonchev–Trinajstić information content (AvgIpc) is 3.04. The number of thiazole rings is 1. The zero-order valence-electron chi connectivity index (χ0n) is 13.0. The molecule has 21 heavy (non-hydrogen) atoms. The van der Waals surface area contributed by atoms with E-state index in [4.69, 9.17) is 0 Å². The molecule has 0 amide bonds. The number of aryl methyl sites for hydroxylation is 2. The van der Waals surface area contributed by atoms with E-state index < -0.39 is 0 Å². The lowest BCUT2D eigenvalue weighted by Gasteiger charge is -2.21. The van der Waals surface area contributed by atoms with E-state index in [1.807, 2.05) is 33.3 Å². The highest BCUT2D eigenvalue weighted by Gasteiger charge is 2.08. The predicted molar refractivity (Wildman–Crippen MR) is 86.6 cm³/mol. The topological polar surface area (TPSA) is 58.3 Å². The molecule has 2 aromatic heterocycles. The van der Waals surface area contributed by atoms with Crippen molar-refractivity contribution in [3.8, 4) is 0 Å². The Morgan fingerprint density at radius 1 is 1.48 bits per heavy atom. The Balaban J connectivity index is 1.83.